The number of aryl methyl sites for hydroxylation is 1. The van der Waals surface area contributed by atoms with Crippen LogP contribution in [0.5, 0.6) is 0 Å². The summed E-state index contributed by atoms with van der Waals surface area (Å²) >= 11 is 0. The van der Waals surface area contributed by atoms with Crippen LogP contribution >= 0.6 is 0 Å². The second-order valence-electron chi connectivity index (χ2n) is 7.11. The molecule has 4 nitrogen and oxygen atoms in total. The minimum Gasteiger partial charge on any atom is -0.380 e. The van der Waals surface area contributed by atoms with Crippen LogP contribution in [0.3, 0.4) is 0 Å². The van der Waals surface area contributed by atoms with Crippen LogP contribution < -0.4 is 5.32 Å². The standard InChI is InChI=1S/C20H24N4/c1-20(2,3)16-11-9-15(10-12-16)13-21-18-8-6-5-7-17(18)19-23-22-14-24(19)4/h5-12,14,21H,13H2,1-4H3. The van der Waals surface area contributed by atoms with Gasteiger partial charge in [0.2, 0.25) is 0 Å². The monoisotopic (exact) mass is 320 g/mol. The SMILES string of the molecule is Cn1cnnc1-c1ccccc1NCc1ccc(C(C)(C)C)cc1. The van der Waals surface area contributed by atoms with Crippen LogP contribution in [0.1, 0.15) is 31.9 Å². The van der Waals surface area contributed by atoms with Crippen LogP contribution in [0.15, 0.2) is 54.9 Å². The predicted molar refractivity (Wildman–Crippen MR) is 98.9 cm³/mol. The molecule has 0 aliphatic rings. The van der Waals surface area contributed by atoms with Gasteiger partial charge in [-0.3, -0.25) is 0 Å². The van der Waals surface area contributed by atoms with E-state index in [0.29, 0.717) is 0 Å². The minimum atomic E-state index is 0.184. The molecule has 0 radical (unpaired) electrons. The summed E-state index contributed by atoms with van der Waals surface area (Å²) in [6, 6.07) is 17.0. The number of nitrogens with one attached hydrogen (secondary N) is 1. The number of nitrogens with zero attached hydrogens (tertiary/aromatic N) is 3. The number of aromatic nitrogens is 3. The lowest BCUT2D eigenvalue weighted by Gasteiger charge is -2.19. The van der Waals surface area contributed by atoms with Crippen LogP contribution in [0.2, 0.25) is 0 Å². The summed E-state index contributed by atoms with van der Waals surface area (Å²) in [5.41, 5.74) is 4.92. The Labute approximate surface area is 143 Å². The minimum absolute atomic E-state index is 0.184. The zero-order valence-electron chi connectivity index (χ0n) is 14.7. The Bertz CT molecular complexity index is 810. The average molecular weight is 320 g/mol. The normalized spacial score (nSPS) is 11.5. The maximum absolute atomic E-state index is 4.21. The summed E-state index contributed by atoms with van der Waals surface area (Å²) in [5, 5.41) is 11.7. The first-order valence-electron chi connectivity index (χ1n) is 8.22. The highest BCUT2D eigenvalue weighted by Crippen LogP contribution is 2.26. The van der Waals surface area contributed by atoms with Gasteiger partial charge >= 0.3 is 0 Å². The molecule has 3 rings (SSSR count). The molecule has 0 amide bonds. The van der Waals surface area contributed by atoms with Gasteiger partial charge in [-0.1, -0.05) is 57.2 Å². The van der Waals surface area contributed by atoms with Gasteiger partial charge in [-0.25, -0.2) is 0 Å². The number of hydrogen-bond donors (Lipinski definition) is 1. The molecule has 0 aliphatic heterocycles. The third-order valence-corrected chi connectivity index (χ3v) is 4.18. The number of para-hydroxylation sites is 1. The van der Waals surface area contributed by atoms with E-state index >= 15 is 0 Å². The third kappa shape index (κ3) is 3.48. The Hall–Kier alpha value is -2.62. The van der Waals surface area contributed by atoms with Crippen molar-refractivity contribution in [2.75, 3.05) is 5.32 Å². The van der Waals surface area contributed by atoms with E-state index in [9.17, 15) is 0 Å². The van der Waals surface area contributed by atoms with E-state index in [4.69, 9.17) is 0 Å². The molecule has 0 spiro atoms. The number of benzene rings is 2. The van der Waals surface area contributed by atoms with Crippen molar-refractivity contribution in [3.8, 4) is 11.4 Å². The van der Waals surface area contributed by atoms with Gasteiger partial charge < -0.3 is 9.88 Å². The lowest BCUT2D eigenvalue weighted by molar-refractivity contribution is 0.590. The molecule has 3 aromatic rings. The first kappa shape index (κ1) is 16.2. The molecule has 0 aliphatic carbocycles. The molecule has 1 aromatic heterocycles. The quantitative estimate of drug-likeness (QED) is 0.775. The molecular formula is C20H24N4. The fourth-order valence-corrected chi connectivity index (χ4v) is 2.68. The maximum Gasteiger partial charge on any atom is 0.165 e. The lowest BCUT2D eigenvalue weighted by atomic mass is 9.87. The lowest BCUT2D eigenvalue weighted by Crippen LogP contribution is -2.11. The number of hydrogen-bond acceptors (Lipinski definition) is 3. The van der Waals surface area contributed by atoms with E-state index in [1.54, 1.807) is 6.33 Å². The van der Waals surface area contributed by atoms with Crippen molar-refractivity contribution in [3.05, 3.63) is 66.0 Å². The highest BCUT2D eigenvalue weighted by molar-refractivity contribution is 5.73. The van der Waals surface area contributed by atoms with Gasteiger partial charge in [0.25, 0.3) is 0 Å². The average Bonchev–Trinajstić information content (AvgIpc) is 2.99. The van der Waals surface area contributed by atoms with Gasteiger partial charge in [0.1, 0.15) is 6.33 Å². The van der Waals surface area contributed by atoms with E-state index < -0.39 is 0 Å². The number of anilines is 1. The van der Waals surface area contributed by atoms with Crippen LogP contribution in [0.25, 0.3) is 11.4 Å². The van der Waals surface area contributed by atoms with Crippen molar-refractivity contribution >= 4 is 5.69 Å². The molecule has 2 aromatic carbocycles. The van der Waals surface area contributed by atoms with Gasteiger partial charge in [0, 0.05) is 24.8 Å². The topological polar surface area (TPSA) is 42.7 Å². The maximum atomic E-state index is 4.21. The molecule has 124 valence electrons. The predicted octanol–water partition coefficient (Wildman–Crippen LogP) is 4.39. The van der Waals surface area contributed by atoms with Crippen molar-refractivity contribution in [2.45, 2.75) is 32.7 Å². The first-order chi connectivity index (χ1) is 11.4. The Morgan fingerprint density at radius 2 is 1.71 bits per heavy atom. The zero-order chi connectivity index (χ0) is 17.2. The highest BCUT2D eigenvalue weighted by Gasteiger charge is 2.13. The van der Waals surface area contributed by atoms with Crippen molar-refractivity contribution in [3.63, 3.8) is 0 Å². The third-order valence-electron chi connectivity index (χ3n) is 4.18. The van der Waals surface area contributed by atoms with E-state index in [2.05, 4.69) is 72.7 Å². The molecule has 0 saturated carbocycles. The second kappa shape index (κ2) is 6.48. The van der Waals surface area contributed by atoms with Crippen molar-refractivity contribution in [2.24, 2.45) is 7.05 Å². The van der Waals surface area contributed by atoms with Gasteiger partial charge in [-0.05, 0) is 28.7 Å². The molecule has 0 saturated heterocycles. The Balaban J connectivity index is 1.77. The van der Waals surface area contributed by atoms with E-state index in [0.717, 1.165) is 23.6 Å². The molecule has 0 bridgehead atoms. The first-order valence-corrected chi connectivity index (χ1v) is 8.22. The Morgan fingerprint density at radius 3 is 2.33 bits per heavy atom. The van der Waals surface area contributed by atoms with E-state index in [1.165, 1.54) is 11.1 Å². The summed E-state index contributed by atoms with van der Waals surface area (Å²) in [7, 11) is 1.96. The molecule has 24 heavy (non-hydrogen) atoms. The molecule has 0 fully saturated rings. The van der Waals surface area contributed by atoms with E-state index in [-0.39, 0.29) is 5.41 Å². The molecular weight excluding hydrogens is 296 g/mol. The van der Waals surface area contributed by atoms with Crippen LogP contribution in [-0.4, -0.2) is 14.8 Å². The highest BCUT2D eigenvalue weighted by atomic mass is 15.2. The molecule has 4 heteroatoms. The summed E-state index contributed by atoms with van der Waals surface area (Å²) in [4.78, 5) is 0. The van der Waals surface area contributed by atoms with Gasteiger partial charge in [-0.15, -0.1) is 10.2 Å². The molecule has 1 N–H and O–H groups in total. The summed E-state index contributed by atoms with van der Waals surface area (Å²) in [6.07, 6.45) is 1.72. The van der Waals surface area contributed by atoms with Crippen molar-refractivity contribution < 1.29 is 0 Å². The molecule has 0 unspecified atom stereocenters. The zero-order valence-corrected chi connectivity index (χ0v) is 14.7. The summed E-state index contributed by atoms with van der Waals surface area (Å²) < 4.78 is 1.93. The van der Waals surface area contributed by atoms with Crippen LogP contribution in [0, 0.1) is 0 Å². The fourth-order valence-electron chi connectivity index (χ4n) is 2.68. The van der Waals surface area contributed by atoms with E-state index in [1.807, 2.05) is 23.7 Å². The van der Waals surface area contributed by atoms with Gasteiger partial charge in [-0.2, -0.15) is 0 Å². The Kier molecular flexibility index (Phi) is 4.38. The molecule has 0 atom stereocenters. The number of rotatable bonds is 4. The summed E-state index contributed by atoms with van der Waals surface area (Å²) in [5.74, 6) is 0.862. The fraction of sp³-hybridized carbons (Fsp3) is 0.300. The van der Waals surface area contributed by atoms with Crippen molar-refractivity contribution in [1.82, 2.24) is 14.8 Å². The largest absolute Gasteiger partial charge is 0.380 e. The Morgan fingerprint density at radius 1 is 1.00 bits per heavy atom. The van der Waals surface area contributed by atoms with Gasteiger partial charge in [0.05, 0.1) is 0 Å². The second-order valence-corrected chi connectivity index (χ2v) is 7.11. The summed E-state index contributed by atoms with van der Waals surface area (Å²) in [6.45, 7) is 7.48. The van der Waals surface area contributed by atoms with Crippen LogP contribution in [-0.2, 0) is 19.0 Å². The van der Waals surface area contributed by atoms with Crippen molar-refractivity contribution in [1.29, 1.82) is 0 Å². The smallest absolute Gasteiger partial charge is 0.165 e. The molecule has 1 heterocycles. The van der Waals surface area contributed by atoms with Gasteiger partial charge in [0.15, 0.2) is 5.82 Å². The van der Waals surface area contributed by atoms with Crippen LogP contribution in [0.4, 0.5) is 5.69 Å².